The summed E-state index contributed by atoms with van der Waals surface area (Å²) >= 11 is 0. The number of hydrogen-bond donors (Lipinski definition) is 1. The van der Waals surface area contributed by atoms with Crippen molar-refractivity contribution >= 4 is 5.69 Å². The molecule has 1 aromatic rings. The van der Waals surface area contributed by atoms with Crippen molar-refractivity contribution in [2.24, 2.45) is 5.73 Å². The fourth-order valence-electron chi connectivity index (χ4n) is 1.11. The van der Waals surface area contributed by atoms with E-state index in [1.165, 1.54) is 4.68 Å². The Balaban J connectivity index is 2.94. The molecular weight excluding hydrogens is 180 g/mol. The molecule has 0 aliphatic heterocycles. The number of aromatic nitrogens is 2. The largest absolute Gasteiger partial charge is 0.373 e. The average Bonchev–Trinajstić information content (AvgIpc) is 2.20. The van der Waals surface area contributed by atoms with Crippen molar-refractivity contribution in [1.29, 1.82) is 0 Å². The predicted octanol–water partition coefficient (Wildman–Crippen LogP) is -0.342. The van der Waals surface area contributed by atoms with Gasteiger partial charge in [0.05, 0.1) is 18.4 Å². The second-order valence-corrected chi connectivity index (χ2v) is 3.08. The molecule has 1 heterocycles. The van der Waals surface area contributed by atoms with Crippen LogP contribution < -0.4 is 16.2 Å². The maximum atomic E-state index is 11.5. The molecule has 0 fully saturated rings. The van der Waals surface area contributed by atoms with E-state index in [0.717, 1.165) is 12.2 Å². The highest BCUT2D eigenvalue weighted by molar-refractivity contribution is 5.41. The van der Waals surface area contributed by atoms with Gasteiger partial charge < -0.3 is 10.6 Å². The number of rotatable bonds is 4. The summed E-state index contributed by atoms with van der Waals surface area (Å²) in [6, 6.07) is 1.58. The highest BCUT2D eigenvalue weighted by Gasteiger charge is 2.01. The fraction of sp³-hybridized carbons (Fsp3) is 0.556. The molecule has 0 saturated heterocycles. The molecule has 0 bridgehead atoms. The van der Waals surface area contributed by atoms with Crippen LogP contribution in [-0.2, 0) is 6.54 Å². The van der Waals surface area contributed by atoms with Gasteiger partial charge in [0.2, 0.25) is 0 Å². The highest BCUT2D eigenvalue weighted by atomic mass is 16.1. The Labute approximate surface area is 83.1 Å². The zero-order valence-corrected chi connectivity index (χ0v) is 8.60. The van der Waals surface area contributed by atoms with Crippen molar-refractivity contribution < 1.29 is 0 Å². The summed E-state index contributed by atoms with van der Waals surface area (Å²) in [4.78, 5) is 13.4. The Bertz CT molecular complexity index is 347. The molecule has 0 unspecified atom stereocenters. The van der Waals surface area contributed by atoms with Gasteiger partial charge in [0, 0.05) is 26.2 Å². The normalized spacial score (nSPS) is 10.2. The lowest BCUT2D eigenvalue weighted by Crippen LogP contribution is -2.27. The minimum atomic E-state index is -0.103. The lowest BCUT2D eigenvalue weighted by molar-refractivity contribution is 0.586. The third-order valence-corrected chi connectivity index (χ3v) is 2.11. The lowest BCUT2D eigenvalue weighted by Gasteiger charge is -2.16. The van der Waals surface area contributed by atoms with Crippen molar-refractivity contribution in [2.45, 2.75) is 13.5 Å². The monoisotopic (exact) mass is 196 g/mol. The van der Waals surface area contributed by atoms with Gasteiger partial charge in [-0.1, -0.05) is 0 Å². The van der Waals surface area contributed by atoms with Gasteiger partial charge in [-0.15, -0.1) is 0 Å². The number of nitrogens with zero attached hydrogens (tertiary/aromatic N) is 3. The van der Waals surface area contributed by atoms with E-state index >= 15 is 0 Å². The molecule has 1 aromatic heterocycles. The van der Waals surface area contributed by atoms with E-state index in [4.69, 9.17) is 5.73 Å². The van der Waals surface area contributed by atoms with E-state index in [-0.39, 0.29) is 5.56 Å². The molecule has 0 amide bonds. The molecule has 0 saturated carbocycles. The standard InChI is InChI=1S/C9H16N4O/c1-3-12(2)8-6-9(14)13(5-4-10)11-7-8/h6-7H,3-5,10H2,1-2H3. The Morgan fingerprint density at radius 2 is 2.36 bits per heavy atom. The summed E-state index contributed by atoms with van der Waals surface area (Å²) in [5, 5.41) is 4.02. The highest BCUT2D eigenvalue weighted by Crippen LogP contribution is 2.05. The van der Waals surface area contributed by atoms with Crippen LogP contribution in [0, 0.1) is 0 Å². The number of hydrogen-bond acceptors (Lipinski definition) is 4. The van der Waals surface area contributed by atoms with Crippen LogP contribution >= 0.6 is 0 Å². The van der Waals surface area contributed by atoms with Crippen LogP contribution in [0.1, 0.15) is 6.92 Å². The fourth-order valence-corrected chi connectivity index (χ4v) is 1.11. The first-order valence-corrected chi connectivity index (χ1v) is 4.67. The van der Waals surface area contributed by atoms with Gasteiger partial charge in [-0.2, -0.15) is 5.10 Å². The molecule has 0 aromatic carbocycles. The summed E-state index contributed by atoms with van der Waals surface area (Å²) < 4.78 is 1.37. The molecule has 14 heavy (non-hydrogen) atoms. The Kier molecular flexibility index (Phi) is 3.64. The average molecular weight is 196 g/mol. The van der Waals surface area contributed by atoms with Crippen LogP contribution in [0.4, 0.5) is 5.69 Å². The van der Waals surface area contributed by atoms with Gasteiger partial charge in [0.25, 0.3) is 5.56 Å². The Hall–Kier alpha value is -1.36. The molecule has 5 heteroatoms. The van der Waals surface area contributed by atoms with Crippen molar-refractivity contribution in [2.75, 3.05) is 25.0 Å². The molecule has 0 radical (unpaired) electrons. The van der Waals surface area contributed by atoms with Crippen molar-refractivity contribution in [3.8, 4) is 0 Å². The van der Waals surface area contributed by atoms with E-state index < -0.39 is 0 Å². The minimum Gasteiger partial charge on any atom is -0.373 e. The summed E-state index contributed by atoms with van der Waals surface area (Å²) in [5.74, 6) is 0. The second-order valence-electron chi connectivity index (χ2n) is 3.08. The van der Waals surface area contributed by atoms with E-state index in [9.17, 15) is 4.79 Å². The van der Waals surface area contributed by atoms with E-state index in [0.29, 0.717) is 13.1 Å². The zero-order chi connectivity index (χ0) is 10.6. The van der Waals surface area contributed by atoms with Crippen LogP contribution in [0.15, 0.2) is 17.1 Å². The Morgan fingerprint density at radius 3 is 2.86 bits per heavy atom. The molecule has 78 valence electrons. The first-order valence-electron chi connectivity index (χ1n) is 4.67. The van der Waals surface area contributed by atoms with Gasteiger partial charge in [-0.3, -0.25) is 4.79 Å². The van der Waals surface area contributed by atoms with E-state index in [2.05, 4.69) is 5.10 Å². The van der Waals surface area contributed by atoms with Crippen molar-refractivity contribution in [3.05, 3.63) is 22.6 Å². The van der Waals surface area contributed by atoms with Gasteiger partial charge in [-0.25, -0.2) is 4.68 Å². The van der Waals surface area contributed by atoms with Crippen LogP contribution in [0.3, 0.4) is 0 Å². The number of anilines is 1. The van der Waals surface area contributed by atoms with Gasteiger partial charge in [0.1, 0.15) is 0 Å². The molecule has 5 nitrogen and oxygen atoms in total. The van der Waals surface area contributed by atoms with Gasteiger partial charge in [-0.05, 0) is 6.92 Å². The van der Waals surface area contributed by atoms with E-state index in [1.807, 2.05) is 18.9 Å². The smallest absolute Gasteiger partial charge is 0.268 e. The van der Waals surface area contributed by atoms with Crippen molar-refractivity contribution in [3.63, 3.8) is 0 Å². The van der Waals surface area contributed by atoms with Crippen LogP contribution in [0.5, 0.6) is 0 Å². The molecule has 0 atom stereocenters. The third kappa shape index (κ3) is 2.32. The van der Waals surface area contributed by atoms with Crippen LogP contribution in [-0.4, -0.2) is 29.9 Å². The van der Waals surface area contributed by atoms with E-state index in [1.54, 1.807) is 12.3 Å². The Morgan fingerprint density at radius 1 is 1.64 bits per heavy atom. The van der Waals surface area contributed by atoms with Crippen LogP contribution in [0.25, 0.3) is 0 Å². The van der Waals surface area contributed by atoms with Gasteiger partial charge >= 0.3 is 0 Å². The lowest BCUT2D eigenvalue weighted by atomic mass is 10.4. The molecule has 0 aliphatic carbocycles. The maximum absolute atomic E-state index is 11.5. The van der Waals surface area contributed by atoms with Gasteiger partial charge in [0.15, 0.2) is 0 Å². The quantitative estimate of drug-likeness (QED) is 0.715. The molecule has 0 spiro atoms. The molecule has 1 rings (SSSR count). The SMILES string of the molecule is CCN(C)c1cnn(CCN)c(=O)c1. The van der Waals surface area contributed by atoms with Crippen molar-refractivity contribution in [1.82, 2.24) is 9.78 Å². The number of nitrogens with two attached hydrogens (primary N) is 1. The zero-order valence-electron chi connectivity index (χ0n) is 8.60. The third-order valence-electron chi connectivity index (χ3n) is 2.11. The molecule has 0 aliphatic rings. The molecular formula is C9H16N4O. The summed E-state index contributed by atoms with van der Waals surface area (Å²) in [6.45, 7) is 3.76. The maximum Gasteiger partial charge on any atom is 0.268 e. The minimum absolute atomic E-state index is 0.103. The predicted molar refractivity (Wildman–Crippen MR) is 56.5 cm³/mol. The summed E-state index contributed by atoms with van der Waals surface area (Å²) in [7, 11) is 1.92. The first-order chi connectivity index (χ1) is 6.69. The summed E-state index contributed by atoms with van der Waals surface area (Å²) in [6.07, 6.45) is 1.68. The summed E-state index contributed by atoms with van der Waals surface area (Å²) in [5.41, 5.74) is 6.08. The van der Waals surface area contributed by atoms with Crippen LogP contribution in [0.2, 0.25) is 0 Å². The topological polar surface area (TPSA) is 64.2 Å². The first kappa shape index (κ1) is 10.7. The second kappa shape index (κ2) is 4.76. The molecule has 2 N–H and O–H groups in total.